The largest absolute Gasteiger partial charge is 0.465 e. The van der Waals surface area contributed by atoms with Crippen LogP contribution in [-0.2, 0) is 9.47 Å². The van der Waals surface area contributed by atoms with Gasteiger partial charge in [0.15, 0.2) is 5.69 Å². The molecule has 2 aromatic rings. The molecule has 92 valence electrons. The number of esters is 2. The van der Waals surface area contributed by atoms with Crippen molar-refractivity contribution in [3.05, 3.63) is 41.7 Å². The fourth-order valence-electron chi connectivity index (χ4n) is 1.76. The van der Waals surface area contributed by atoms with Crippen molar-refractivity contribution < 1.29 is 19.1 Å². The van der Waals surface area contributed by atoms with Gasteiger partial charge in [0, 0.05) is 11.6 Å². The number of ether oxygens (including phenoxy) is 2. The maximum absolute atomic E-state index is 11.7. The SMILES string of the molecule is COC(=O)c1cccc2ccnc(C(=O)OC)c12. The van der Waals surface area contributed by atoms with Crippen molar-refractivity contribution in [3.8, 4) is 0 Å². The first-order chi connectivity index (χ1) is 8.69. The highest BCUT2D eigenvalue weighted by Crippen LogP contribution is 2.22. The monoisotopic (exact) mass is 245 g/mol. The van der Waals surface area contributed by atoms with E-state index in [1.165, 1.54) is 20.4 Å². The molecule has 0 bridgehead atoms. The summed E-state index contributed by atoms with van der Waals surface area (Å²) in [5.74, 6) is -1.10. The van der Waals surface area contributed by atoms with Crippen LogP contribution in [0.1, 0.15) is 20.8 Å². The number of hydrogen-bond acceptors (Lipinski definition) is 5. The molecule has 0 spiro atoms. The molecule has 0 saturated carbocycles. The predicted molar refractivity (Wildman–Crippen MR) is 64.4 cm³/mol. The predicted octanol–water partition coefficient (Wildman–Crippen LogP) is 1.81. The molecule has 0 saturated heterocycles. The molecule has 0 amide bonds. The van der Waals surface area contributed by atoms with Gasteiger partial charge in [0.1, 0.15) is 0 Å². The van der Waals surface area contributed by atoms with Crippen LogP contribution in [-0.4, -0.2) is 31.1 Å². The van der Waals surface area contributed by atoms with E-state index in [9.17, 15) is 9.59 Å². The molecule has 0 radical (unpaired) electrons. The number of benzene rings is 1. The highest BCUT2D eigenvalue weighted by Gasteiger charge is 2.18. The van der Waals surface area contributed by atoms with Gasteiger partial charge in [-0.2, -0.15) is 0 Å². The van der Waals surface area contributed by atoms with E-state index in [2.05, 4.69) is 9.72 Å². The van der Waals surface area contributed by atoms with Gasteiger partial charge in [-0.05, 0) is 17.5 Å². The van der Waals surface area contributed by atoms with Gasteiger partial charge in [-0.1, -0.05) is 12.1 Å². The number of rotatable bonds is 2. The van der Waals surface area contributed by atoms with E-state index in [1.54, 1.807) is 24.3 Å². The van der Waals surface area contributed by atoms with Crippen molar-refractivity contribution in [2.24, 2.45) is 0 Å². The Morgan fingerprint density at radius 1 is 1.06 bits per heavy atom. The van der Waals surface area contributed by atoms with E-state index in [0.29, 0.717) is 10.9 Å². The Hall–Kier alpha value is -2.43. The molecule has 1 aromatic heterocycles. The number of pyridine rings is 1. The molecule has 0 aliphatic rings. The molecule has 0 aliphatic carbocycles. The molecular formula is C13H11NO4. The number of aromatic nitrogens is 1. The average molecular weight is 245 g/mol. The Kier molecular flexibility index (Phi) is 3.23. The summed E-state index contributed by atoms with van der Waals surface area (Å²) in [5, 5.41) is 1.17. The van der Waals surface area contributed by atoms with Crippen LogP contribution in [0.15, 0.2) is 30.5 Å². The minimum atomic E-state index is -0.586. The molecule has 18 heavy (non-hydrogen) atoms. The Labute approximate surface area is 103 Å². The van der Waals surface area contributed by atoms with Crippen LogP contribution < -0.4 is 0 Å². The van der Waals surface area contributed by atoms with Gasteiger partial charge in [-0.3, -0.25) is 0 Å². The first kappa shape index (κ1) is 12.0. The first-order valence-corrected chi connectivity index (χ1v) is 5.23. The molecule has 0 N–H and O–H groups in total. The van der Waals surface area contributed by atoms with Crippen LogP contribution in [0.5, 0.6) is 0 Å². The van der Waals surface area contributed by atoms with Crippen LogP contribution >= 0.6 is 0 Å². The van der Waals surface area contributed by atoms with Gasteiger partial charge in [-0.15, -0.1) is 0 Å². The number of carbonyl (C=O) groups is 2. The van der Waals surface area contributed by atoms with Gasteiger partial charge < -0.3 is 9.47 Å². The number of fused-ring (bicyclic) bond motifs is 1. The number of hydrogen-bond donors (Lipinski definition) is 0. The summed E-state index contributed by atoms with van der Waals surface area (Å²) in [6.07, 6.45) is 1.50. The highest BCUT2D eigenvalue weighted by molar-refractivity contribution is 6.12. The number of carbonyl (C=O) groups excluding carboxylic acids is 2. The van der Waals surface area contributed by atoms with E-state index in [4.69, 9.17) is 4.74 Å². The van der Waals surface area contributed by atoms with Gasteiger partial charge in [-0.25, -0.2) is 14.6 Å². The second-order valence-corrected chi connectivity index (χ2v) is 3.55. The minimum absolute atomic E-state index is 0.107. The smallest absolute Gasteiger partial charge is 0.357 e. The van der Waals surface area contributed by atoms with Crippen molar-refractivity contribution in [2.75, 3.05) is 14.2 Å². The van der Waals surface area contributed by atoms with Crippen LogP contribution in [0.25, 0.3) is 10.8 Å². The molecule has 5 nitrogen and oxygen atoms in total. The second kappa shape index (κ2) is 4.83. The Balaban J connectivity index is 2.80. The lowest BCUT2D eigenvalue weighted by atomic mass is 10.0. The van der Waals surface area contributed by atoms with E-state index in [0.717, 1.165) is 5.39 Å². The van der Waals surface area contributed by atoms with E-state index in [-0.39, 0.29) is 5.69 Å². The lowest BCUT2D eigenvalue weighted by Gasteiger charge is -2.07. The van der Waals surface area contributed by atoms with Crippen molar-refractivity contribution in [3.63, 3.8) is 0 Å². The lowest BCUT2D eigenvalue weighted by molar-refractivity contribution is 0.0596. The van der Waals surface area contributed by atoms with Crippen LogP contribution in [0, 0.1) is 0 Å². The van der Waals surface area contributed by atoms with Crippen LogP contribution in [0.4, 0.5) is 0 Å². The van der Waals surface area contributed by atoms with Crippen LogP contribution in [0.2, 0.25) is 0 Å². The van der Waals surface area contributed by atoms with Crippen molar-refractivity contribution in [1.29, 1.82) is 0 Å². The third-order valence-corrected chi connectivity index (χ3v) is 2.58. The Morgan fingerprint density at radius 3 is 2.44 bits per heavy atom. The zero-order chi connectivity index (χ0) is 13.1. The van der Waals surface area contributed by atoms with Gasteiger partial charge in [0.05, 0.1) is 19.8 Å². The lowest BCUT2D eigenvalue weighted by Crippen LogP contribution is -2.09. The molecule has 5 heteroatoms. The summed E-state index contributed by atoms with van der Waals surface area (Å²) in [7, 11) is 2.55. The first-order valence-electron chi connectivity index (χ1n) is 5.23. The topological polar surface area (TPSA) is 65.5 Å². The van der Waals surface area contributed by atoms with Crippen molar-refractivity contribution in [2.45, 2.75) is 0 Å². The molecule has 0 atom stereocenters. The quantitative estimate of drug-likeness (QED) is 0.755. The van der Waals surface area contributed by atoms with Crippen molar-refractivity contribution in [1.82, 2.24) is 4.98 Å². The highest BCUT2D eigenvalue weighted by atomic mass is 16.5. The molecule has 2 rings (SSSR count). The molecule has 1 heterocycles. The number of nitrogens with zero attached hydrogens (tertiary/aromatic N) is 1. The second-order valence-electron chi connectivity index (χ2n) is 3.55. The van der Waals surface area contributed by atoms with Gasteiger partial charge in [0.2, 0.25) is 0 Å². The van der Waals surface area contributed by atoms with Gasteiger partial charge >= 0.3 is 11.9 Å². The maximum atomic E-state index is 11.7. The third kappa shape index (κ3) is 1.90. The molecule has 0 aliphatic heterocycles. The van der Waals surface area contributed by atoms with E-state index in [1.807, 2.05) is 0 Å². The zero-order valence-electron chi connectivity index (χ0n) is 9.97. The molecule has 1 aromatic carbocycles. The van der Waals surface area contributed by atoms with E-state index < -0.39 is 11.9 Å². The fourth-order valence-corrected chi connectivity index (χ4v) is 1.76. The summed E-state index contributed by atoms with van der Waals surface area (Å²) in [6.45, 7) is 0. The Bertz CT molecular complexity index is 571. The standard InChI is InChI=1S/C13H11NO4/c1-17-12(15)9-5-3-4-8-6-7-14-11(10(8)9)13(16)18-2/h3-7H,1-2H3. The summed E-state index contributed by atoms with van der Waals surface area (Å²) < 4.78 is 9.35. The minimum Gasteiger partial charge on any atom is -0.465 e. The molecular weight excluding hydrogens is 234 g/mol. The third-order valence-electron chi connectivity index (χ3n) is 2.58. The van der Waals surface area contributed by atoms with Gasteiger partial charge in [0.25, 0.3) is 0 Å². The molecule has 0 fully saturated rings. The average Bonchev–Trinajstić information content (AvgIpc) is 2.44. The fraction of sp³-hybridized carbons (Fsp3) is 0.154. The summed E-state index contributed by atoms with van der Waals surface area (Å²) >= 11 is 0. The summed E-state index contributed by atoms with van der Waals surface area (Å²) in [5.41, 5.74) is 0.402. The summed E-state index contributed by atoms with van der Waals surface area (Å²) in [6, 6.07) is 6.81. The Morgan fingerprint density at radius 2 is 1.78 bits per heavy atom. The maximum Gasteiger partial charge on any atom is 0.357 e. The zero-order valence-corrected chi connectivity index (χ0v) is 9.97. The van der Waals surface area contributed by atoms with E-state index >= 15 is 0 Å². The number of methoxy groups -OCH3 is 2. The molecule has 0 unspecified atom stereocenters. The van der Waals surface area contributed by atoms with Crippen LogP contribution in [0.3, 0.4) is 0 Å². The normalized spacial score (nSPS) is 10.1. The van der Waals surface area contributed by atoms with Crippen molar-refractivity contribution >= 4 is 22.7 Å². The summed E-state index contributed by atoms with van der Waals surface area (Å²) in [4.78, 5) is 27.3.